The number of rotatable bonds is 6. The Morgan fingerprint density at radius 1 is 1.26 bits per heavy atom. The number of benzene rings is 1. The summed E-state index contributed by atoms with van der Waals surface area (Å²) >= 11 is 0. The maximum Gasteiger partial charge on any atom is 0.325 e. The second kappa shape index (κ2) is 6.78. The van der Waals surface area contributed by atoms with E-state index < -0.39 is 12.0 Å². The number of carboxylic acid groups (broad SMARTS) is 1. The van der Waals surface area contributed by atoms with E-state index in [1.165, 1.54) is 6.92 Å². The van der Waals surface area contributed by atoms with Gasteiger partial charge in [0.2, 0.25) is 5.91 Å². The van der Waals surface area contributed by atoms with Crippen LogP contribution in [0, 0.1) is 13.8 Å². The number of carboxylic acids is 1. The number of hydrogen-bond donors (Lipinski definition) is 2. The number of nitrogens with one attached hydrogen (secondary N) is 1. The quantitative estimate of drug-likeness (QED) is 0.820. The van der Waals surface area contributed by atoms with Gasteiger partial charge in [-0.2, -0.15) is 0 Å². The van der Waals surface area contributed by atoms with E-state index in [9.17, 15) is 9.59 Å². The summed E-state index contributed by atoms with van der Waals surface area (Å²) in [6, 6.07) is 4.94. The molecule has 19 heavy (non-hydrogen) atoms. The maximum atomic E-state index is 11.4. The van der Waals surface area contributed by atoms with Crippen molar-refractivity contribution < 1.29 is 19.4 Å². The van der Waals surface area contributed by atoms with Gasteiger partial charge in [0.15, 0.2) is 0 Å². The molecule has 5 nitrogen and oxygen atoms in total. The zero-order valence-corrected chi connectivity index (χ0v) is 11.4. The highest BCUT2D eigenvalue weighted by atomic mass is 16.5. The molecule has 0 spiro atoms. The Kier molecular flexibility index (Phi) is 5.36. The van der Waals surface area contributed by atoms with Crippen LogP contribution in [-0.2, 0) is 9.59 Å². The van der Waals surface area contributed by atoms with Crippen molar-refractivity contribution in [3.63, 3.8) is 0 Å². The summed E-state index contributed by atoms with van der Waals surface area (Å²) in [4.78, 5) is 22.0. The van der Waals surface area contributed by atoms with Gasteiger partial charge in [-0.15, -0.1) is 0 Å². The third kappa shape index (κ3) is 5.42. The maximum absolute atomic E-state index is 11.4. The zero-order valence-electron chi connectivity index (χ0n) is 11.4. The number of hydrogen-bond acceptors (Lipinski definition) is 3. The fourth-order valence-corrected chi connectivity index (χ4v) is 1.65. The van der Waals surface area contributed by atoms with Gasteiger partial charge >= 0.3 is 5.97 Å². The van der Waals surface area contributed by atoms with E-state index >= 15 is 0 Å². The monoisotopic (exact) mass is 265 g/mol. The number of carbonyl (C=O) groups excluding carboxylic acids is 1. The minimum atomic E-state index is -1.05. The molecule has 0 bridgehead atoms. The van der Waals surface area contributed by atoms with Gasteiger partial charge < -0.3 is 15.2 Å². The van der Waals surface area contributed by atoms with Crippen molar-refractivity contribution in [3.05, 3.63) is 29.3 Å². The summed E-state index contributed by atoms with van der Waals surface area (Å²) in [5.74, 6) is -0.667. The molecule has 0 aliphatic heterocycles. The fraction of sp³-hybridized carbons (Fsp3) is 0.429. The first kappa shape index (κ1) is 15.0. The molecule has 0 aromatic heterocycles. The topological polar surface area (TPSA) is 75.6 Å². The Balaban J connectivity index is 2.37. The molecular weight excluding hydrogens is 246 g/mol. The molecule has 1 aromatic rings. The minimum Gasteiger partial charge on any atom is -0.493 e. The smallest absolute Gasteiger partial charge is 0.325 e. The van der Waals surface area contributed by atoms with Gasteiger partial charge in [-0.3, -0.25) is 9.59 Å². The SMILES string of the molecule is Cc1cc(C)cc(OCCC(=O)NC(C)C(=O)O)c1. The zero-order chi connectivity index (χ0) is 14.4. The van der Waals surface area contributed by atoms with Gasteiger partial charge in [0, 0.05) is 0 Å². The van der Waals surface area contributed by atoms with Crippen LogP contribution in [0.1, 0.15) is 24.5 Å². The van der Waals surface area contributed by atoms with Crippen molar-refractivity contribution in [2.75, 3.05) is 6.61 Å². The van der Waals surface area contributed by atoms with Gasteiger partial charge in [-0.25, -0.2) is 0 Å². The van der Waals surface area contributed by atoms with Crippen LogP contribution in [0.5, 0.6) is 5.75 Å². The van der Waals surface area contributed by atoms with Crippen LogP contribution in [-0.4, -0.2) is 29.6 Å². The van der Waals surface area contributed by atoms with Crippen LogP contribution in [0.2, 0.25) is 0 Å². The van der Waals surface area contributed by atoms with E-state index in [1.54, 1.807) is 0 Å². The third-order valence-corrected chi connectivity index (χ3v) is 2.54. The average Bonchev–Trinajstić information content (AvgIpc) is 2.27. The van der Waals surface area contributed by atoms with E-state index in [-0.39, 0.29) is 18.9 Å². The Bertz CT molecular complexity index is 450. The molecule has 2 N–H and O–H groups in total. The van der Waals surface area contributed by atoms with Crippen LogP contribution in [0.25, 0.3) is 0 Å². The van der Waals surface area contributed by atoms with Crippen molar-refractivity contribution in [1.29, 1.82) is 0 Å². The first-order chi connectivity index (χ1) is 8.88. The van der Waals surface area contributed by atoms with Crippen molar-refractivity contribution in [1.82, 2.24) is 5.32 Å². The number of carbonyl (C=O) groups is 2. The van der Waals surface area contributed by atoms with Crippen molar-refractivity contribution >= 4 is 11.9 Å². The fourth-order valence-electron chi connectivity index (χ4n) is 1.65. The van der Waals surface area contributed by atoms with Gasteiger partial charge in [-0.1, -0.05) is 6.07 Å². The van der Waals surface area contributed by atoms with Crippen molar-refractivity contribution in [2.45, 2.75) is 33.2 Å². The highest BCUT2D eigenvalue weighted by Gasteiger charge is 2.13. The van der Waals surface area contributed by atoms with Crippen molar-refractivity contribution in [3.8, 4) is 5.75 Å². The molecule has 0 aliphatic carbocycles. The lowest BCUT2D eigenvalue weighted by molar-refractivity contribution is -0.141. The number of aryl methyl sites for hydroxylation is 2. The summed E-state index contributed by atoms with van der Waals surface area (Å²) in [5.41, 5.74) is 2.19. The molecule has 0 aliphatic rings. The van der Waals surface area contributed by atoms with Gasteiger partial charge in [-0.05, 0) is 44.0 Å². The molecule has 1 atom stereocenters. The van der Waals surface area contributed by atoms with Crippen LogP contribution in [0.3, 0.4) is 0 Å². The summed E-state index contributed by atoms with van der Waals surface area (Å²) < 4.78 is 5.47. The van der Waals surface area contributed by atoms with E-state index in [2.05, 4.69) is 5.32 Å². The summed E-state index contributed by atoms with van der Waals surface area (Å²) in [6.45, 7) is 5.59. The van der Waals surface area contributed by atoms with Crippen molar-refractivity contribution in [2.24, 2.45) is 0 Å². The van der Waals surface area contributed by atoms with Crippen LogP contribution in [0.4, 0.5) is 0 Å². The molecule has 0 radical (unpaired) electrons. The van der Waals surface area contributed by atoms with E-state index in [1.807, 2.05) is 32.0 Å². The van der Waals surface area contributed by atoms with Gasteiger partial charge in [0.05, 0.1) is 13.0 Å². The second-order valence-corrected chi connectivity index (χ2v) is 4.55. The molecule has 1 aromatic carbocycles. The standard InChI is InChI=1S/C14H19NO4/c1-9-6-10(2)8-12(7-9)19-5-4-13(16)15-11(3)14(17)18/h6-8,11H,4-5H2,1-3H3,(H,15,16)(H,17,18). The van der Waals surface area contributed by atoms with E-state index in [4.69, 9.17) is 9.84 Å². The van der Waals surface area contributed by atoms with E-state index in [0.29, 0.717) is 0 Å². The Morgan fingerprint density at radius 2 is 1.84 bits per heavy atom. The summed E-state index contributed by atoms with van der Waals surface area (Å²) in [7, 11) is 0. The van der Waals surface area contributed by atoms with E-state index in [0.717, 1.165) is 16.9 Å². The average molecular weight is 265 g/mol. The highest BCUT2D eigenvalue weighted by Crippen LogP contribution is 2.16. The molecule has 0 heterocycles. The number of ether oxygens (including phenoxy) is 1. The molecule has 5 heteroatoms. The number of aliphatic carboxylic acids is 1. The molecule has 1 unspecified atom stereocenters. The molecule has 1 amide bonds. The Labute approximate surface area is 112 Å². The lowest BCUT2D eigenvalue weighted by Gasteiger charge is -2.10. The first-order valence-corrected chi connectivity index (χ1v) is 6.11. The lowest BCUT2D eigenvalue weighted by atomic mass is 10.1. The molecule has 0 saturated heterocycles. The van der Waals surface area contributed by atoms with Gasteiger partial charge in [0.1, 0.15) is 11.8 Å². The predicted molar refractivity (Wildman–Crippen MR) is 71.3 cm³/mol. The molecule has 0 saturated carbocycles. The Morgan fingerprint density at radius 3 is 2.37 bits per heavy atom. The van der Waals surface area contributed by atoms with Crippen LogP contribution >= 0.6 is 0 Å². The lowest BCUT2D eigenvalue weighted by Crippen LogP contribution is -2.38. The van der Waals surface area contributed by atoms with Crippen LogP contribution in [0.15, 0.2) is 18.2 Å². The molecule has 104 valence electrons. The highest BCUT2D eigenvalue weighted by molar-refractivity contribution is 5.83. The predicted octanol–water partition coefficient (Wildman–Crippen LogP) is 1.66. The minimum absolute atomic E-state index is 0.130. The first-order valence-electron chi connectivity index (χ1n) is 6.11. The summed E-state index contributed by atoms with van der Waals surface area (Å²) in [5, 5.41) is 11.0. The number of amides is 1. The molecule has 0 fully saturated rings. The largest absolute Gasteiger partial charge is 0.493 e. The molecule has 1 rings (SSSR count). The third-order valence-electron chi connectivity index (χ3n) is 2.54. The second-order valence-electron chi connectivity index (χ2n) is 4.55. The van der Waals surface area contributed by atoms with Gasteiger partial charge in [0.25, 0.3) is 0 Å². The molecular formula is C14H19NO4. The Hall–Kier alpha value is -2.04. The van der Waals surface area contributed by atoms with Crippen LogP contribution < -0.4 is 10.1 Å². The normalized spacial score (nSPS) is 11.7. The summed E-state index contributed by atoms with van der Waals surface area (Å²) in [6.07, 6.45) is 0.130.